The van der Waals surface area contributed by atoms with Crippen LogP contribution in [0.25, 0.3) is 0 Å². The van der Waals surface area contributed by atoms with Gasteiger partial charge in [-0.15, -0.1) is 0 Å². The summed E-state index contributed by atoms with van der Waals surface area (Å²) in [5.74, 6) is -0.0752. The summed E-state index contributed by atoms with van der Waals surface area (Å²) in [5.41, 5.74) is 0. The van der Waals surface area contributed by atoms with Crippen LogP contribution in [-0.4, -0.2) is 44.0 Å². The molecule has 0 aliphatic carbocycles. The second-order valence-electron chi connectivity index (χ2n) is 5.92. The van der Waals surface area contributed by atoms with Gasteiger partial charge in [0, 0.05) is 0 Å². The molecule has 122 valence electrons. The van der Waals surface area contributed by atoms with E-state index in [1.807, 2.05) is 13.8 Å². The highest BCUT2D eigenvalue weighted by atomic mass is 28.4. The van der Waals surface area contributed by atoms with Gasteiger partial charge in [-0.3, -0.25) is 4.79 Å². The Morgan fingerprint density at radius 1 is 1.19 bits per heavy atom. The number of ether oxygens (including phenoxy) is 1. The molecule has 5 nitrogen and oxygen atoms in total. The molecule has 1 aliphatic rings. The first kappa shape index (κ1) is 18.2. The number of β-lactam (4-membered cyclic amide) rings is 1. The first-order chi connectivity index (χ1) is 9.87. The molecule has 0 aromatic carbocycles. The van der Waals surface area contributed by atoms with Crippen molar-refractivity contribution in [3.05, 3.63) is 0 Å². The van der Waals surface area contributed by atoms with E-state index >= 15 is 0 Å². The van der Waals surface area contributed by atoms with Gasteiger partial charge in [0.05, 0.1) is 12.6 Å². The van der Waals surface area contributed by atoms with Crippen molar-refractivity contribution >= 4 is 20.3 Å². The van der Waals surface area contributed by atoms with Crippen LogP contribution in [0.5, 0.6) is 0 Å². The quantitative estimate of drug-likeness (QED) is 0.534. The topological polar surface area (TPSA) is 55.8 Å². The van der Waals surface area contributed by atoms with E-state index in [4.69, 9.17) is 9.16 Å². The third kappa shape index (κ3) is 3.48. The van der Waals surface area contributed by atoms with Crippen LogP contribution < -0.4 is 0 Å². The Balaban J connectivity index is 2.89. The van der Waals surface area contributed by atoms with Crippen LogP contribution in [0.15, 0.2) is 0 Å². The highest BCUT2D eigenvalue weighted by molar-refractivity contribution is 6.73. The lowest BCUT2D eigenvalue weighted by molar-refractivity contribution is -0.163. The smallest absolute Gasteiger partial charge is 0.416 e. The molecule has 6 heteroatoms. The van der Waals surface area contributed by atoms with E-state index in [0.717, 1.165) is 18.1 Å². The number of hydrogen-bond donors (Lipinski definition) is 0. The van der Waals surface area contributed by atoms with Crippen molar-refractivity contribution in [2.24, 2.45) is 5.92 Å². The molecular formula is C15H29NO4Si. The standard InChI is InChI=1S/C15H29NO4Si/c1-7-19-15(18)16-12(11(5)6)13(14(16)17)20-21(8-2,9-3)10-4/h11-13H,7-10H2,1-6H3/t12-,13+/m1/s1. The highest BCUT2D eigenvalue weighted by Crippen LogP contribution is 2.34. The largest absolute Gasteiger partial charge is 0.449 e. The minimum absolute atomic E-state index is 0.161. The molecule has 0 bridgehead atoms. The Bertz CT molecular complexity index is 374. The Hall–Kier alpha value is -0.883. The van der Waals surface area contributed by atoms with Crippen molar-refractivity contribution in [1.82, 2.24) is 4.90 Å². The number of rotatable bonds is 7. The predicted octanol–water partition coefficient (Wildman–Crippen LogP) is 3.40. The Morgan fingerprint density at radius 3 is 2.10 bits per heavy atom. The number of nitrogens with zero attached hydrogens (tertiary/aromatic N) is 1. The molecule has 1 aliphatic heterocycles. The number of hydrogen-bond acceptors (Lipinski definition) is 4. The zero-order valence-corrected chi connectivity index (χ0v) is 15.1. The first-order valence-electron chi connectivity index (χ1n) is 8.05. The van der Waals surface area contributed by atoms with E-state index in [1.54, 1.807) is 6.92 Å². The van der Waals surface area contributed by atoms with Crippen molar-refractivity contribution in [3.63, 3.8) is 0 Å². The third-order valence-electron chi connectivity index (χ3n) is 4.55. The Labute approximate surface area is 129 Å². The number of carbonyl (C=O) groups is 2. The molecule has 0 unspecified atom stereocenters. The van der Waals surface area contributed by atoms with Gasteiger partial charge in [-0.25, -0.2) is 9.69 Å². The second-order valence-corrected chi connectivity index (χ2v) is 10.6. The summed E-state index contributed by atoms with van der Waals surface area (Å²) in [6.45, 7) is 12.4. The minimum atomic E-state index is -1.86. The molecule has 1 rings (SSSR count). The Morgan fingerprint density at radius 2 is 1.71 bits per heavy atom. The lowest BCUT2D eigenvalue weighted by Gasteiger charge is -2.49. The van der Waals surface area contributed by atoms with E-state index in [-0.39, 0.29) is 24.5 Å². The van der Waals surface area contributed by atoms with Crippen LogP contribution in [-0.2, 0) is 14.0 Å². The molecule has 1 heterocycles. The summed E-state index contributed by atoms with van der Waals surface area (Å²) in [6.07, 6.45) is -1.02. The number of carbonyl (C=O) groups excluding carboxylic acids is 2. The predicted molar refractivity (Wildman–Crippen MR) is 84.6 cm³/mol. The van der Waals surface area contributed by atoms with Gasteiger partial charge in [0.1, 0.15) is 6.10 Å². The van der Waals surface area contributed by atoms with Crippen molar-refractivity contribution < 1.29 is 18.8 Å². The fourth-order valence-corrected chi connectivity index (χ4v) is 5.70. The molecule has 0 radical (unpaired) electrons. The fraction of sp³-hybridized carbons (Fsp3) is 0.867. The van der Waals surface area contributed by atoms with Crippen molar-refractivity contribution in [2.75, 3.05) is 6.61 Å². The van der Waals surface area contributed by atoms with Crippen molar-refractivity contribution in [3.8, 4) is 0 Å². The Kier molecular flexibility index (Phi) is 6.40. The summed E-state index contributed by atoms with van der Waals surface area (Å²) < 4.78 is 11.3. The molecule has 0 aromatic heterocycles. The van der Waals surface area contributed by atoms with Crippen LogP contribution in [0.2, 0.25) is 18.1 Å². The van der Waals surface area contributed by atoms with Crippen LogP contribution in [0.4, 0.5) is 4.79 Å². The average Bonchev–Trinajstić information content (AvgIpc) is 2.46. The second kappa shape index (κ2) is 7.40. The summed E-state index contributed by atoms with van der Waals surface area (Å²) in [6, 6.07) is 2.78. The summed E-state index contributed by atoms with van der Waals surface area (Å²) >= 11 is 0. The summed E-state index contributed by atoms with van der Waals surface area (Å²) in [7, 11) is -1.86. The zero-order chi connectivity index (χ0) is 16.2. The van der Waals surface area contributed by atoms with Gasteiger partial charge in [0.2, 0.25) is 0 Å². The van der Waals surface area contributed by atoms with Gasteiger partial charge < -0.3 is 9.16 Å². The molecule has 1 saturated heterocycles. The molecule has 0 spiro atoms. The van der Waals surface area contributed by atoms with Crippen molar-refractivity contribution in [1.29, 1.82) is 0 Å². The molecule has 21 heavy (non-hydrogen) atoms. The molecule has 2 atom stereocenters. The SMILES string of the molecule is CCOC(=O)N1C(=O)[C@@H](O[Si](CC)(CC)CC)[C@H]1C(C)C. The van der Waals surface area contributed by atoms with Crippen molar-refractivity contribution in [2.45, 2.75) is 71.8 Å². The summed E-state index contributed by atoms with van der Waals surface area (Å²) in [4.78, 5) is 25.5. The van der Waals surface area contributed by atoms with E-state index in [9.17, 15) is 9.59 Å². The zero-order valence-electron chi connectivity index (χ0n) is 14.1. The number of amides is 2. The average molecular weight is 315 g/mol. The third-order valence-corrected chi connectivity index (χ3v) is 9.17. The van der Waals surface area contributed by atoms with Crippen LogP contribution in [0.1, 0.15) is 41.5 Å². The van der Waals surface area contributed by atoms with E-state index in [1.165, 1.54) is 4.90 Å². The molecular weight excluding hydrogens is 286 g/mol. The van der Waals surface area contributed by atoms with Gasteiger partial charge >= 0.3 is 6.09 Å². The molecule has 0 saturated carbocycles. The van der Waals surface area contributed by atoms with Crippen LogP contribution in [0, 0.1) is 5.92 Å². The first-order valence-corrected chi connectivity index (χ1v) is 10.6. The lowest BCUT2D eigenvalue weighted by Crippen LogP contribution is -2.71. The van der Waals surface area contributed by atoms with E-state index in [0.29, 0.717) is 0 Å². The fourth-order valence-electron chi connectivity index (χ4n) is 2.93. The van der Waals surface area contributed by atoms with Crippen LogP contribution in [0.3, 0.4) is 0 Å². The van der Waals surface area contributed by atoms with Gasteiger partial charge in [-0.2, -0.15) is 0 Å². The van der Waals surface area contributed by atoms with E-state index in [2.05, 4.69) is 20.8 Å². The number of imide groups is 1. The number of likely N-dealkylation sites (tertiary alicyclic amines) is 1. The highest BCUT2D eigenvalue weighted by Gasteiger charge is 2.55. The summed E-state index contributed by atoms with van der Waals surface area (Å²) in [5, 5.41) is 0. The van der Waals surface area contributed by atoms with E-state index < -0.39 is 20.5 Å². The monoisotopic (exact) mass is 315 g/mol. The maximum atomic E-state index is 12.3. The van der Waals surface area contributed by atoms with Gasteiger partial charge in [-0.05, 0) is 31.0 Å². The van der Waals surface area contributed by atoms with Gasteiger partial charge in [0.15, 0.2) is 8.32 Å². The molecule has 0 N–H and O–H groups in total. The maximum absolute atomic E-state index is 12.3. The van der Waals surface area contributed by atoms with Gasteiger partial charge in [-0.1, -0.05) is 34.6 Å². The van der Waals surface area contributed by atoms with Crippen LogP contribution >= 0.6 is 0 Å². The van der Waals surface area contributed by atoms with Gasteiger partial charge in [0.25, 0.3) is 5.91 Å². The minimum Gasteiger partial charge on any atom is -0.449 e. The molecule has 2 amide bonds. The lowest BCUT2D eigenvalue weighted by atomic mass is 9.89. The normalized spacial score (nSPS) is 22.4. The molecule has 0 aromatic rings. The molecule has 1 fully saturated rings. The maximum Gasteiger partial charge on any atom is 0.416 e.